The Kier molecular flexibility index (Phi) is 3.03. The Morgan fingerprint density at radius 1 is 1.38 bits per heavy atom. The van der Waals surface area contributed by atoms with E-state index in [9.17, 15) is 5.11 Å². The van der Waals surface area contributed by atoms with Gasteiger partial charge in [0.1, 0.15) is 0 Å². The molecule has 13 heavy (non-hydrogen) atoms. The first kappa shape index (κ1) is 11.0. The van der Waals surface area contributed by atoms with Crippen LogP contribution in [0.3, 0.4) is 0 Å². The van der Waals surface area contributed by atoms with E-state index in [2.05, 4.69) is 20.8 Å². The molecular weight excluding hydrogens is 164 g/mol. The van der Waals surface area contributed by atoms with Crippen molar-refractivity contribution in [3.8, 4) is 0 Å². The van der Waals surface area contributed by atoms with Crippen molar-refractivity contribution in [2.45, 2.75) is 52.1 Å². The molecule has 1 aliphatic carbocycles. The zero-order valence-electron chi connectivity index (χ0n) is 9.01. The molecule has 1 aliphatic rings. The standard InChI is InChI=1S/C11H22O2/c1-9-5-7-11(13,6-4-8-12)10(9,2)3/h9,12-13H,4-8H2,1-3H3. The van der Waals surface area contributed by atoms with Gasteiger partial charge in [-0.05, 0) is 37.0 Å². The highest BCUT2D eigenvalue weighted by atomic mass is 16.3. The van der Waals surface area contributed by atoms with E-state index in [0.29, 0.717) is 12.3 Å². The van der Waals surface area contributed by atoms with Crippen LogP contribution in [0.1, 0.15) is 46.5 Å². The summed E-state index contributed by atoms with van der Waals surface area (Å²) in [5.41, 5.74) is -0.544. The van der Waals surface area contributed by atoms with E-state index in [-0.39, 0.29) is 12.0 Å². The van der Waals surface area contributed by atoms with Crippen LogP contribution in [0.15, 0.2) is 0 Å². The van der Waals surface area contributed by atoms with E-state index in [1.165, 1.54) is 0 Å². The lowest BCUT2D eigenvalue weighted by atomic mass is 9.71. The number of aliphatic hydroxyl groups excluding tert-OH is 1. The van der Waals surface area contributed by atoms with Gasteiger partial charge in [-0.1, -0.05) is 20.8 Å². The summed E-state index contributed by atoms with van der Waals surface area (Å²) in [7, 11) is 0. The lowest BCUT2D eigenvalue weighted by Gasteiger charge is -2.39. The molecule has 2 N–H and O–H groups in total. The molecule has 2 unspecified atom stereocenters. The highest BCUT2D eigenvalue weighted by molar-refractivity contribution is 5.01. The minimum Gasteiger partial charge on any atom is -0.396 e. The van der Waals surface area contributed by atoms with Crippen molar-refractivity contribution >= 4 is 0 Å². The molecule has 0 aliphatic heterocycles. The second-order valence-electron chi connectivity index (χ2n) is 5.02. The number of hydrogen-bond acceptors (Lipinski definition) is 2. The molecular formula is C11H22O2. The van der Waals surface area contributed by atoms with Gasteiger partial charge in [-0.2, -0.15) is 0 Å². The molecule has 0 aromatic rings. The van der Waals surface area contributed by atoms with Gasteiger partial charge >= 0.3 is 0 Å². The summed E-state index contributed by atoms with van der Waals surface area (Å²) in [5.74, 6) is 0.580. The molecule has 2 nitrogen and oxygen atoms in total. The lowest BCUT2D eigenvalue weighted by Crippen LogP contribution is -2.42. The van der Waals surface area contributed by atoms with Crippen molar-refractivity contribution in [3.63, 3.8) is 0 Å². The quantitative estimate of drug-likeness (QED) is 0.707. The molecule has 2 heteroatoms. The fourth-order valence-electron chi connectivity index (χ4n) is 2.42. The number of hydrogen-bond donors (Lipinski definition) is 2. The third kappa shape index (κ3) is 1.75. The molecule has 0 amide bonds. The minimum absolute atomic E-state index is 0.00215. The van der Waals surface area contributed by atoms with Gasteiger partial charge in [-0.15, -0.1) is 0 Å². The second kappa shape index (κ2) is 3.58. The molecule has 0 heterocycles. The van der Waals surface area contributed by atoms with Crippen molar-refractivity contribution in [2.75, 3.05) is 6.61 Å². The molecule has 1 rings (SSSR count). The third-order valence-corrected chi connectivity index (χ3v) is 4.17. The highest BCUT2D eigenvalue weighted by Crippen LogP contribution is 2.51. The molecule has 2 atom stereocenters. The molecule has 0 aromatic heterocycles. The van der Waals surface area contributed by atoms with Gasteiger partial charge in [-0.25, -0.2) is 0 Å². The largest absolute Gasteiger partial charge is 0.396 e. The maximum Gasteiger partial charge on any atom is 0.0701 e. The van der Waals surface area contributed by atoms with Crippen LogP contribution in [0, 0.1) is 11.3 Å². The predicted molar refractivity (Wildman–Crippen MR) is 53.4 cm³/mol. The van der Waals surface area contributed by atoms with Gasteiger partial charge in [0.25, 0.3) is 0 Å². The van der Waals surface area contributed by atoms with Crippen LogP contribution < -0.4 is 0 Å². The summed E-state index contributed by atoms with van der Waals surface area (Å²) >= 11 is 0. The Morgan fingerprint density at radius 2 is 2.00 bits per heavy atom. The zero-order valence-corrected chi connectivity index (χ0v) is 9.01. The molecule has 78 valence electrons. The molecule has 1 saturated carbocycles. The number of aliphatic hydroxyl groups is 2. The van der Waals surface area contributed by atoms with Crippen molar-refractivity contribution in [2.24, 2.45) is 11.3 Å². The van der Waals surface area contributed by atoms with Gasteiger partial charge in [0.05, 0.1) is 5.60 Å². The van der Waals surface area contributed by atoms with E-state index in [4.69, 9.17) is 5.11 Å². The molecule has 0 saturated heterocycles. The Labute approximate surface area is 81.0 Å². The van der Waals surface area contributed by atoms with E-state index in [1.807, 2.05) is 0 Å². The van der Waals surface area contributed by atoms with Gasteiger partial charge in [0.15, 0.2) is 0 Å². The van der Waals surface area contributed by atoms with Gasteiger partial charge in [-0.3, -0.25) is 0 Å². The maximum absolute atomic E-state index is 10.4. The zero-order chi connectivity index (χ0) is 10.1. The maximum atomic E-state index is 10.4. The van der Waals surface area contributed by atoms with Crippen molar-refractivity contribution in [1.82, 2.24) is 0 Å². The van der Waals surface area contributed by atoms with Crippen molar-refractivity contribution in [3.05, 3.63) is 0 Å². The van der Waals surface area contributed by atoms with Crippen LogP contribution in [0.25, 0.3) is 0 Å². The summed E-state index contributed by atoms with van der Waals surface area (Å²) in [6.45, 7) is 6.67. The van der Waals surface area contributed by atoms with Crippen LogP contribution in [0.4, 0.5) is 0 Å². The second-order valence-corrected chi connectivity index (χ2v) is 5.02. The first-order chi connectivity index (χ1) is 5.94. The van der Waals surface area contributed by atoms with E-state index >= 15 is 0 Å². The van der Waals surface area contributed by atoms with Crippen LogP contribution in [0.5, 0.6) is 0 Å². The average molecular weight is 186 g/mol. The summed E-state index contributed by atoms with van der Waals surface area (Å²) in [6, 6.07) is 0. The summed E-state index contributed by atoms with van der Waals surface area (Å²) in [5, 5.41) is 19.2. The minimum atomic E-state index is -0.546. The monoisotopic (exact) mass is 186 g/mol. The van der Waals surface area contributed by atoms with E-state index < -0.39 is 5.60 Å². The average Bonchev–Trinajstić information content (AvgIpc) is 2.27. The van der Waals surface area contributed by atoms with Crippen LogP contribution in [-0.4, -0.2) is 22.4 Å². The topological polar surface area (TPSA) is 40.5 Å². The lowest BCUT2D eigenvalue weighted by molar-refractivity contribution is -0.0656. The molecule has 0 aromatic carbocycles. The van der Waals surface area contributed by atoms with Gasteiger partial charge in [0, 0.05) is 6.61 Å². The van der Waals surface area contributed by atoms with E-state index in [1.54, 1.807) is 0 Å². The Bertz CT molecular complexity index is 177. The van der Waals surface area contributed by atoms with Gasteiger partial charge < -0.3 is 10.2 Å². The third-order valence-electron chi connectivity index (χ3n) is 4.17. The molecule has 0 radical (unpaired) electrons. The number of rotatable bonds is 3. The van der Waals surface area contributed by atoms with Gasteiger partial charge in [0.2, 0.25) is 0 Å². The Balaban J connectivity index is 2.67. The highest BCUT2D eigenvalue weighted by Gasteiger charge is 2.50. The predicted octanol–water partition coefficient (Wildman–Crippen LogP) is 1.95. The summed E-state index contributed by atoms with van der Waals surface area (Å²) < 4.78 is 0. The Hall–Kier alpha value is -0.0800. The Morgan fingerprint density at radius 3 is 2.38 bits per heavy atom. The fraction of sp³-hybridized carbons (Fsp3) is 1.00. The van der Waals surface area contributed by atoms with E-state index in [0.717, 1.165) is 19.3 Å². The summed E-state index contributed by atoms with van der Waals surface area (Å²) in [4.78, 5) is 0. The SMILES string of the molecule is CC1CCC(O)(CCCO)C1(C)C. The smallest absolute Gasteiger partial charge is 0.0701 e. The van der Waals surface area contributed by atoms with Crippen molar-refractivity contribution in [1.29, 1.82) is 0 Å². The van der Waals surface area contributed by atoms with Crippen LogP contribution in [0.2, 0.25) is 0 Å². The first-order valence-electron chi connectivity index (χ1n) is 5.27. The molecule has 0 spiro atoms. The fourth-order valence-corrected chi connectivity index (χ4v) is 2.42. The first-order valence-corrected chi connectivity index (χ1v) is 5.27. The normalized spacial score (nSPS) is 38.1. The molecule has 1 fully saturated rings. The van der Waals surface area contributed by atoms with Crippen LogP contribution >= 0.6 is 0 Å². The van der Waals surface area contributed by atoms with Crippen LogP contribution in [-0.2, 0) is 0 Å². The van der Waals surface area contributed by atoms with Crippen molar-refractivity contribution < 1.29 is 10.2 Å². The molecule has 0 bridgehead atoms. The summed E-state index contributed by atoms with van der Waals surface area (Å²) in [6.07, 6.45) is 3.45.